The summed E-state index contributed by atoms with van der Waals surface area (Å²) in [5.74, 6) is 0.677. The van der Waals surface area contributed by atoms with Gasteiger partial charge in [0.25, 0.3) is 0 Å². The summed E-state index contributed by atoms with van der Waals surface area (Å²) in [6.45, 7) is 1.06. The monoisotopic (exact) mass is 477 g/mol. The second kappa shape index (κ2) is 10.7. The molecule has 0 saturated carbocycles. The van der Waals surface area contributed by atoms with Crippen LogP contribution in [0.15, 0.2) is 82.7 Å². The van der Waals surface area contributed by atoms with E-state index >= 15 is 0 Å². The molecule has 0 fully saturated rings. The second-order valence-electron chi connectivity index (χ2n) is 7.49. The van der Waals surface area contributed by atoms with Crippen LogP contribution < -0.4 is 14.9 Å². The summed E-state index contributed by atoms with van der Waals surface area (Å²) >= 11 is 1.14. The van der Waals surface area contributed by atoms with Crippen LogP contribution in [0, 0.1) is 0 Å². The zero-order chi connectivity index (χ0) is 23.9. The first-order valence-corrected chi connectivity index (χ1v) is 11.5. The predicted molar refractivity (Wildman–Crippen MR) is 132 cm³/mol. The summed E-state index contributed by atoms with van der Waals surface area (Å²) < 4.78 is 8.28. The van der Waals surface area contributed by atoms with Crippen molar-refractivity contribution in [3.63, 3.8) is 0 Å². The lowest BCUT2D eigenvalue weighted by molar-refractivity contribution is 0.194. The molecule has 9 heteroatoms. The first kappa shape index (κ1) is 23.1. The molecule has 1 amide bonds. The predicted octanol–water partition coefficient (Wildman–Crippen LogP) is 4.18. The number of fused-ring (bicyclic) bond motifs is 1. The van der Waals surface area contributed by atoms with Gasteiger partial charge in [-0.05, 0) is 36.2 Å². The summed E-state index contributed by atoms with van der Waals surface area (Å²) in [5.41, 5.74) is 3.76. The summed E-state index contributed by atoms with van der Waals surface area (Å²) in [5, 5.41) is 24.0. The Hall–Kier alpha value is -4.11. The fraction of sp³-hybridized carbons (Fsp3) is 0.160. The van der Waals surface area contributed by atoms with Gasteiger partial charge < -0.3 is 20.4 Å². The van der Waals surface area contributed by atoms with E-state index in [1.165, 1.54) is 0 Å². The normalized spacial score (nSPS) is 11.5. The van der Waals surface area contributed by atoms with Crippen molar-refractivity contribution in [1.82, 2.24) is 9.88 Å². The molecule has 0 spiro atoms. The van der Waals surface area contributed by atoms with Crippen molar-refractivity contribution in [3.8, 4) is 5.75 Å². The molecule has 3 aromatic carbocycles. The van der Waals surface area contributed by atoms with E-state index in [0.717, 1.165) is 38.2 Å². The molecule has 0 unspecified atom stereocenters. The van der Waals surface area contributed by atoms with Gasteiger partial charge in [0.2, 0.25) is 0 Å². The van der Waals surface area contributed by atoms with Gasteiger partial charge in [-0.3, -0.25) is 9.36 Å². The zero-order valence-electron chi connectivity index (χ0n) is 18.2. The molecular formula is C25H23N3O5S. The number of amides is 1. The third kappa shape index (κ3) is 5.44. The molecule has 4 rings (SSSR count). The maximum atomic E-state index is 12.6. The highest BCUT2D eigenvalue weighted by Crippen LogP contribution is 2.22. The highest BCUT2D eigenvalue weighted by atomic mass is 32.1. The van der Waals surface area contributed by atoms with E-state index < -0.39 is 6.09 Å². The zero-order valence-corrected chi connectivity index (χ0v) is 19.0. The highest BCUT2D eigenvalue weighted by Gasteiger charge is 2.13. The third-order valence-corrected chi connectivity index (χ3v) is 6.23. The number of benzene rings is 3. The molecule has 0 aliphatic heterocycles. The molecular weight excluding hydrogens is 454 g/mol. The Labute approximate surface area is 199 Å². The number of hydrogen-bond donors (Lipinski definition) is 3. The van der Waals surface area contributed by atoms with Crippen molar-refractivity contribution in [2.45, 2.75) is 13.0 Å². The molecule has 174 valence electrons. The molecule has 8 nitrogen and oxygen atoms in total. The maximum Gasteiger partial charge on any atom is 0.404 e. The van der Waals surface area contributed by atoms with E-state index in [1.807, 2.05) is 72.8 Å². The van der Waals surface area contributed by atoms with E-state index in [2.05, 4.69) is 10.5 Å². The van der Waals surface area contributed by atoms with Crippen LogP contribution >= 0.6 is 11.3 Å². The number of rotatable bonds is 9. The van der Waals surface area contributed by atoms with E-state index in [0.29, 0.717) is 37.6 Å². The Morgan fingerprint density at radius 2 is 1.79 bits per heavy atom. The quantitative estimate of drug-likeness (QED) is 0.190. The largest absolute Gasteiger partial charge is 0.492 e. The molecule has 1 heterocycles. The lowest BCUT2D eigenvalue weighted by Gasteiger charge is -2.09. The van der Waals surface area contributed by atoms with Gasteiger partial charge in [-0.15, -0.1) is 0 Å². The van der Waals surface area contributed by atoms with Gasteiger partial charge in [-0.1, -0.05) is 65.0 Å². The average molecular weight is 478 g/mol. The number of hydrogen-bond acceptors (Lipinski definition) is 6. The van der Waals surface area contributed by atoms with Crippen LogP contribution in [0.2, 0.25) is 0 Å². The fourth-order valence-electron chi connectivity index (χ4n) is 3.62. The smallest absolute Gasteiger partial charge is 0.404 e. The van der Waals surface area contributed by atoms with Gasteiger partial charge in [-0.25, -0.2) is 4.79 Å². The molecule has 3 N–H and O–H groups in total. The molecule has 0 bridgehead atoms. The summed E-state index contributed by atoms with van der Waals surface area (Å²) in [4.78, 5) is 23.0. The summed E-state index contributed by atoms with van der Waals surface area (Å²) in [7, 11) is 0. The molecule has 0 radical (unpaired) electrons. The first-order valence-electron chi connectivity index (χ1n) is 10.6. The third-order valence-electron chi connectivity index (χ3n) is 5.29. The Balaban J connectivity index is 1.41. The van der Waals surface area contributed by atoms with E-state index in [4.69, 9.17) is 9.84 Å². The number of carbonyl (C=O) groups is 1. The van der Waals surface area contributed by atoms with Crippen LogP contribution in [0.5, 0.6) is 5.75 Å². The average Bonchev–Trinajstić information content (AvgIpc) is 3.15. The van der Waals surface area contributed by atoms with Gasteiger partial charge in [0.15, 0.2) is 0 Å². The lowest BCUT2D eigenvalue weighted by atomic mass is 10.0. The minimum absolute atomic E-state index is 0.0840. The number of nitrogens with one attached hydrogen (secondary N) is 1. The molecule has 1 aromatic heterocycles. The number of thiazole rings is 1. The highest BCUT2D eigenvalue weighted by molar-refractivity contribution is 7.16. The molecule has 0 atom stereocenters. The number of aromatic nitrogens is 1. The Bertz CT molecular complexity index is 1360. The summed E-state index contributed by atoms with van der Waals surface area (Å²) in [6.07, 6.45) is -0.441. The van der Waals surface area contributed by atoms with Crippen molar-refractivity contribution < 1.29 is 19.8 Å². The van der Waals surface area contributed by atoms with Crippen LogP contribution in [-0.4, -0.2) is 39.8 Å². The van der Waals surface area contributed by atoms with Crippen molar-refractivity contribution in [2.75, 3.05) is 13.2 Å². The van der Waals surface area contributed by atoms with Crippen molar-refractivity contribution in [2.24, 2.45) is 5.16 Å². The standard InChI is InChI=1S/C25H23N3O5S/c29-24(30)26-13-12-17-6-9-20(10-7-17)33-15-14-28-21-11-8-19(16-22(21)34-25(28)31)23(27-32)18-4-2-1-3-5-18/h1-11,16,26,32H,12-15H2,(H,29,30). The minimum Gasteiger partial charge on any atom is -0.492 e. The van der Waals surface area contributed by atoms with Crippen LogP contribution in [-0.2, 0) is 13.0 Å². The van der Waals surface area contributed by atoms with Gasteiger partial charge in [0.05, 0.1) is 16.8 Å². The van der Waals surface area contributed by atoms with Crippen LogP contribution in [0.1, 0.15) is 16.7 Å². The van der Waals surface area contributed by atoms with Gasteiger partial charge in [0, 0.05) is 17.7 Å². The van der Waals surface area contributed by atoms with E-state index in [9.17, 15) is 14.8 Å². The van der Waals surface area contributed by atoms with Gasteiger partial charge in [-0.2, -0.15) is 0 Å². The van der Waals surface area contributed by atoms with E-state index in [1.54, 1.807) is 4.57 Å². The maximum absolute atomic E-state index is 12.6. The molecule has 0 aliphatic carbocycles. The number of oxime groups is 1. The van der Waals surface area contributed by atoms with Crippen molar-refractivity contribution in [3.05, 3.63) is 99.2 Å². The minimum atomic E-state index is -1.04. The van der Waals surface area contributed by atoms with Crippen molar-refractivity contribution >= 4 is 33.4 Å². The fourth-order valence-corrected chi connectivity index (χ4v) is 4.58. The first-order chi connectivity index (χ1) is 16.5. The molecule has 0 aliphatic rings. The van der Waals surface area contributed by atoms with Gasteiger partial charge in [0.1, 0.15) is 18.1 Å². The molecule has 4 aromatic rings. The number of nitrogens with zero attached hydrogens (tertiary/aromatic N) is 2. The number of carboxylic acid groups (broad SMARTS) is 1. The van der Waals surface area contributed by atoms with Crippen LogP contribution in [0.25, 0.3) is 10.2 Å². The Kier molecular flexibility index (Phi) is 7.24. The van der Waals surface area contributed by atoms with Crippen molar-refractivity contribution in [1.29, 1.82) is 0 Å². The lowest BCUT2D eigenvalue weighted by Crippen LogP contribution is -2.23. The van der Waals surface area contributed by atoms with E-state index in [-0.39, 0.29) is 4.87 Å². The second-order valence-corrected chi connectivity index (χ2v) is 8.48. The summed E-state index contributed by atoms with van der Waals surface area (Å²) in [6, 6.07) is 22.4. The van der Waals surface area contributed by atoms with Gasteiger partial charge >= 0.3 is 11.0 Å². The topological polar surface area (TPSA) is 113 Å². The SMILES string of the molecule is O=C(O)NCCc1ccc(OCCn2c(=O)sc3cc(C(=NO)c4ccccc4)ccc32)cc1. The molecule has 34 heavy (non-hydrogen) atoms. The Morgan fingerprint density at radius 3 is 2.50 bits per heavy atom. The molecule has 0 saturated heterocycles. The Morgan fingerprint density at radius 1 is 1.03 bits per heavy atom. The van der Waals surface area contributed by atoms with Crippen LogP contribution in [0.4, 0.5) is 4.79 Å². The van der Waals surface area contributed by atoms with Crippen LogP contribution in [0.3, 0.4) is 0 Å². The number of ether oxygens (including phenoxy) is 1.